The van der Waals surface area contributed by atoms with Crippen molar-refractivity contribution in [1.29, 1.82) is 0 Å². The van der Waals surface area contributed by atoms with Crippen molar-refractivity contribution >= 4 is 29.1 Å². The zero-order chi connectivity index (χ0) is 24.7. The number of benzene rings is 1. The Kier molecular flexibility index (Phi) is 8.27. The van der Waals surface area contributed by atoms with Gasteiger partial charge in [-0.3, -0.25) is 9.59 Å². The van der Waals surface area contributed by atoms with Crippen molar-refractivity contribution in [1.82, 2.24) is 10.6 Å². The standard InChI is InChI=1S/C24H23F3N2O4S/c25-24(26,27)17-9-4-8-16(13-17)21(30)28-19(14-18-10-5-11-34-18)22(31)29-20(23(32)33)12-15-6-2-1-3-7-15/h1-6,8-11,13,15,19-20H,7,12,14H2,(H,28,30)(H,29,31)(H,32,33)/t15?,19-,20-/m0/s1. The summed E-state index contributed by atoms with van der Waals surface area (Å²) >= 11 is 1.34. The maximum absolute atomic E-state index is 13.0. The van der Waals surface area contributed by atoms with Crippen LogP contribution in [0.3, 0.4) is 0 Å². The fourth-order valence-electron chi connectivity index (χ4n) is 3.52. The Morgan fingerprint density at radius 2 is 1.88 bits per heavy atom. The minimum Gasteiger partial charge on any atom is -0.480 e. The normalized spacial score (nSPS) is 17.1. The predicted molar refractivity (Wildman–Crippen MR) is 121 cm³/mol. The number of rotatable bonds is 9. The molecular weight excluding hydrogens is 469 g/mol. The number of halogens is 3. The number of amides is 2. The van der Waals surface area contributed by atoms with Crippen molar-refractivity contribution < 1.29 is 32.7 Å². The lowest BCUT2D eigenvalue weighted by molar-refractivity contribution is -0.142. The van der Waals surface area contributed by atoms with Gasteiger partial charge in [-0.05, 0) is 48.4 Å². The van der Waals surface area contributed by atoms with Gasteiger partial charge in [-0.2, -0.15) is 13.2 Å². The van der Waals surface area contributed by atoms with Crippen molar-refractivity contribution in [3.8, 4) is 0 Å². The SMILES string of the molecule is O=C(N[C@@H](Cc1cccs1)C(=O)N[C@@H](CC1C=CC=CC1)C(=O)O)c1cccc(C(F)(F)F)c1. The van der Waals surface area contributed by atoms with Crippen molar-refractivity contribution in [2.45, 2.75) is 37.5 Å². The number of hydrogen-bond donors (Lipinski definition) is 3. The molecule has 180 valence electrons. The lowest BCUT2D eigenvalue weighted by Crippen LogP contribution is -2.52. The maximum atomic E-state index is 13.0. The molecule has 0 bridgehead atoms. The lowest BCUT2D eigenvalue weighted by atomic mass is 9.93. The van der Waals surface area contributed by atoms with E-state index in [2.05, 4.69) is 10.6 Å². The Morgan fingerprint density at radius 1 is 1.09 bits per heavy atom. The molecule has 1 aliphatic carbocycles. The first-order valence-corrected chi connectivity index (χ1v) is 11.4. The molecule has 3 N–H and O–H groups in total. The average molecular weight is 493 g/mol. The van der Waals surface area contributed by atoms with Crippen molar-refractivity contribution in [3.05, 3.63) is 82.1 Å². The van der Waals surface area contributed by atoms with Crippen molar-refractivity contribution in [2.24, 2.45) is 5.92 Å². The van der Waals surface area contributed by atoms with Gasteiger partial charge in [-0.25, -0.2) is 4.79 Å². The van der Waals surface area contributed by atoms with Crippen LogP contribution in [0.2, 0.25) is 0 Å². The molecule has 0 radical (unpaired) electrons. The molecule has 10 heteroatoms. The average Bonchev–Trinajstić information content (AvgIpc) is 3.31. The van der Waals surface area contributed by atoms with Crippen LogP contribution in [0.15, 0.2) is 66.1 Å². The highest BCUT2D eigenvalue weighted by Gasteiger charge is 2.32. The van der Waals surface area contributed by atoms with Crippen LogP contribution in [0.1, 0.15) is 33.6 Å². The Balaban J connectivity index is 1.76. The molecule has 1 unspecified atom stereocenters. The Bertz CT molecular complexity index is 1080. The van der Waals surface area contributed by atoms with Crippen molar-refractivity contribution in [3.63, 3.8) is 0 Å². The molecule has 3 rings (SSSR count). The first-order valence-electron chi connectivity index (χ1n) is 10.5. The third-order valence-corrected chi connectivity index (χ3v) is 6.18. The van der Waals surface area contributed by atoms with Gasteiger partial charge in [-0.15, -0.1) is 11.3 Å². The van der Waals surface area contributed by atoms with Crippen LogP contribution in [-0.4, -0.2) is 35.0 Å². The Hall–Kier alpha value is -3.40. The molecule has 0 saturated heterocycles. The van der Waals surface area contributed by atoms with Crippen LogP contribution in [0.5, 0.6) is 0 Å². The Labute approximate surface area is 198 Å². The Morgan fingerprint density at radius 3 is 2.50 bits per heavy atom. The van der Waals surface area contributed by atoms with Gasteiger partial charge in [0.1, 0.15) is 12.1 Å². The second-order valence-electron chi connectivity index (χ2n) is 7.83. The van der Waals surface area contributed by atoms with Gasteiger partial charge in [0, 0.05) is 16.9 Å². The van der Waals surface area contributed by atoms with E-state index in [4.69, 9.17) is 0 Å². The van der Waals surface area contributed by atoms with Crippen LogP contribution in [0.25, 0.3) is 0 Å². The number of carboxylic acid groups (broad SMARTS) is 1. The fourth-order valence-corrected chi connectivity index (χ4v) is 4.27. The van der Waals surface area contributed by atoms with E-state index in [1.54, 1.807) is 17.5 Å². The van der Waals surface area contributed by atoms with Gasteiger partial charge in [0.2, 0.25) is 5.91 Å². The first-order chi connectivity index (χ1) is 16.1. The van der Waals surface area contributed by atoms with Gasteiger partial charge in [0.15, 0.2) is 0 Å². The molecule has 0 aliphatic heterocycles. The van der Waals surface area contributed by atoms with E-state index in [1.807, 2.05) is 24.3 Å². The fraction of sp³-hybridized carbons (Fsp3) is 0.292. The van der Waals surface area contributed by atoms with Crippen LogP contribution < -0.4 is 10.6 Å². The number of carbonyl (C=O) groups excluding carboxylic acids is 2. The highest BCUT2D eigenvalue weighted by Crippen LogP contribution is 2.29. The summed E-state index contributed by atoms with van der Waals surface area (Å²) in [6.07, 6.45) is 3.67. The summed E-state index contributed by atoms with van der Waals surface area (Å²) in [7, 11) is 0. The molecule has 0 spiro atoms. The van der Waals surface area contributed by atoms with Gasteiger partial charge in [-0.1, -0.05) is 36.4 Å². The number of hydrogen-bond acceptors (Lipinski definition) is 4. The minimum atomic E-state index is -4.62. The lowest BCUT2D eigenvalue weighted by Gasteiger charge is -2.23. The van der Waals surface area contributed by atoms with E-state index in [0.717, 1.165) is 17.0 Å². The number of carboxylic acids is 1. The third kappa shape index (κ3) is 7.05. The summed E-state index contributed by atoms with van der Waals surface area (Å²) in [5, 5.41) is 16.3. The summed E-state index contributed by atoms with van der Waals surface area (Å²) in [6, 6.07) is 5.01. The quantitative estimate of drug-likeness (QED) is 0.489. The summed E-state index contributed by atoms with van der Waals surface area (Å²) in [5.41, 5.74) is -1.24. The van der Waals surface area contributed by atoms with E-state index >= 15 is 0 Å². The van der Waals surface area contributed by atoms with Gasteiger partial charge in [0.05, 0.1) is 5.56 Å². The molecule has 1 heterocycles. The van der Waals surface area contributed by atoms with E-state index in [0.29, 0.717) is 12.5 Å². The molecule has 6 nitrogen and oxygen atoms in total. The molecule has 34 heavy (non-hydrogen) atoms. The zero-order valence-electron chi connectivity index (χ0n) is 17.9. The van der Waals surface area contributed by atoms with Crippen LogP contribution >= 0.6 is 11.3 Å². The zero-order valence-corrected chi connectivity index (χ0v) is 18.7. The smallest absolute Gasteiger partial charge is 0.416 e. The highest BCUT2D eigenvalue weighted by atomic mass is 32.1. The molecule has 2 aromatic rings. The number of carbonyl (C=O) groups is 3. The molecule has 0 fully saturated rings. The number of thiophene rings is 1. The topological polar surface area (TPSA) is 95.5 Å². The van der Waals surface area contributed by atoms with Crippen molar-refractivity contribution in [2.75, 3.05) is 0 Å². The van der Waals surface area contributed by atoms with E-state index in [9.17, 15) is 32.7 Å². The molecular formula is C24H23F3N2O4S. The second kappa shape index (κ2) is 11.1. The summed E-state index contributed by atoms with van der Waals surface area (Å²) in [6.45, 7) is 0. The monoisotopic (exact) mass is 492 g/mol. The largest absolute Gasteiger partial charge is 0.480 e. The van der Waals surface area contributed by atoms with Gasteiger partial charge in [0.25, 0.3) is 5.91 Å². The molecule has 2 amide bonds. The predicted octanol–water partition coefficient (Wildman–Crippen LogP) is 4.20. The number of allylic oxidation sites excluding steroid dienone is 4. The molecule has 1 aromatic carbocycles. The van der Waals surface area contributed by atoms with E-state index < -0.39 is 41.6 Å². The van der Waals surface area contributed by atoms with E-state index in [-0.39, 0.29) is 24.3 Å². The summed E-state index contributed by atoms with van der Waals surface area (Å²) < 4.78 is 39.1. The molecule has 0 saturated carbocycles. The minimum absolute atomic E-state index is 0.0621. The summed E-state index contributed by atoms with van der Waals surface area (Å²) in [4.78, 5) is 38.3. The number of nitrogens with one attached hydrogen (secondary N) is 2. The highest BCUT2D eigenvalue weighted by molar-refractivity contribution is 7.09. The number of alkyl halides is 3. The van der Waals surface area contributed by atoms with Crippen LogP contribution in [-0.2, 0) is 22.2 Å². The third-order valence-electron chi connectivity index (χ3n) is 5.28. The van der Waals surface area contributed by atoms with Gasteiger partial charge >= 0.3 is 12.1 Å². The number of aliphatic carboxylic acids is 1. The molecule has 3 atom stereocenters. The second-order valence-corrected chi connectivity index (χ2v) is 8.86. The van der Waals surface area contributed by atoms with Gasteiger partial charge < -0.3 is 15.7 Å². The van der Waals surface area contributed by atoms with Crippen LogP contribution in [0, 0.1) is 5.92 Å². The van der Waals surface area contributed by atoms with Crippen LogP contribution in [0.4, 0.5) is 13.2 Å². The first kappa shape index (κ1) is 25.2. The molecule has 1 aliphatic rings. The maximum Gasteiger partial charge on any atom is 0.416 e. The van der Waals surface area contributed by atoms with E-state index in [1.165, 1.54) is 17.4 Å². The molecule has 1 aromatic heterocycles. The summed E-state index contributed by atoms with van der Waals surface area (Å²) in [5.74, 6) is -2.87.